The summed E-state index contributed by atoms with van der Waals surface area (Å²) in [6.45, 7) is 1.81. The van der Waals surface area contributed by atoms with Crippen LogP contribution in [0.3, 0.4) is 0 Å². The number of imidazole rings is 1. The van der Waals surface area contributed by atoms with Gasteiger partial charge in [-0.3, -0.25) is 0 Å². The largest absolute Gasteiger partial charge is 0.330 e. The molecule has 0 saturated heterocycles. The monoisotopic (exact) mass is 375 g/mol. The number of aryl methyl sites for hydroxylation is 2. The molecule has 0 aliphatic heterocycles. The van der Waals surface area contributed by atoms with Gasteiger partial charge in [0.15, 0.2) is 0 Å². The summed E-state index contributed by atoms with van der Waals surface area (Å²) in [7, 11) is 1.89. The van der Waals surface area contributed by atoms with Crippen LogP contribution >= 0.6 is 27.5 Å². The zero-order valence-electron chi connectivity index (χ0n) is 11.9. The fourth-order valence-corrected chi connectivity index (χ4v) is 3.03. The van der Waals surface area contributed by atoms with E-state index in [2.05, 4.69) is 37.0 Å². The number of nitrogens with zero attached hydrogens (tertiary/aromatic N) is 5. The van der Waals surface area contributed by atoms with Crippen molar-refractivity contribution in [1.29, 1.82) is 5.26 Å². The molecule has 0 radical (unpaired) electrons. The molecular formula is C15H11BrClN5. The first-order chi connectivity index (χ1) is 10.5. The summed E-state index contributed by atoms with van der Waals surface area (Å²) in [5, 5.41) is 9.78. The minimum Gasteiger partial charge on any atom is -0.330 e. The average Bonchev–Trinajstić information content (AvgIpc) is 2.82. The Kier molecular flexibility index (Phi) is 3.85. The second-order valence-electron chi connectivity index (χ2n) is 4.86. The number of hydrogen-bond acceptors (Lipinski definition) is 4. The Labute approximate surface area is 140 Å². The lowest BCUT2D eigenvalue weighted by Crippen LogP contribution is -2.10. The third-order valence-corrected chi connectivity index (χ3v) is 4.65. The van der Waals surface area contributed by atoms with Crippen molar-refractivity contribution in [3.63, 3.8) is 0 Å². The van der Waals surface area contributed by atoms with Gasteiger partial charge in [-0.2, -0.15) is 5.26 Å². The van der Waals surface area contributed by atoms with Crippen LogP contribution in [0.25, 0.3) is 11.0 Å². The summed E-state index contributed by atoms with van der Waals surface area (Å²) in [5.41, 5.74) is 3.02. The second-order valence-corrected chi connectivity index (χ2v) is 5.99. The topological polar surface area (TPSA) is 67.4 Å². The maximum absolute atomic E-state index is 9.66. The SMILES string of the molecule is Cc1nc(Cl)nc(C(C#N)c2nc3ccccc3n2C)c1Br. The molecule has 110 valence electrons. The Hall–Kier alpha value is -1.97. The maximum Gasteiger partial charge on any atom is 0.222 e. The zero-order chi connectivity index (χ0) is 15.9. The number of nitriles is 1. The number of para-hydroxylation sites is 2. The van der Waals surface area contributed by atoms with E-state index < -0.39 is 5.92 Å². The summed E-state index contributed by atoms with van der Waals surface area (Å²) < 4.78 is 2.58. The van der Waals surface area contributed by atoms with E-state index in [0.29, 0.717) is 21.7 Å². The number of hydrogen-bond donors (Lipinski definition) is 0. The van der Waals surface area contributed by atoms with Gasteiger partial charge in [-0.1, -0.05) is 12.1 Å². The van der Waals surface area contributed by atoms with Gasteiger partial charge in [-0.05, 0) is 46.6 Å². The number of aromatic nitrogens is 4. The van der Waals surface area contributed by atoms with Gasteiger partial charge in [0.1, 0.15) is 11.7 Å². The third kappa shape index (κ3) is 2.36. The Morgan fingerprint density at radius 3 is 2.68 bits per heavy atom. The fourth-order valence-electron chi connectivity index (χ4n) is 2.40. The van der Waals surface area contributed by atoms with Crippen LogP contribution in [0.4, 0.5) is 0 Å². The first-order valence-corrected chi connectivity index (χ1v) is 7.70. The molecule has 22 heavy (non-hydrogen) atoms. The van der Waals surface area contributed by atoms with Crippen molar-refractivity contribution in [2.75, 3.05) is 0 Å². The van der Waals surface area contributed by atoms with E-state index in [1.54, 1.807) is 0 Å². The minimum atomic E-state index is -0.633. The fraction of sp³-hybridized carbons (Fsp3) is 0.200. The van der Waals surface area contributed by atoms with Gasteiger partial charge in [0, 0.05) is 7.05 Å². The summed E-state index contributed by atoms with van der Waals surface area (Å²) in [4.78, 5) is 12.9. The van der Waals surface area contributed by atoms with Crippen LogP contribution in [-0.2, 0) is 7.05 Å². The maximum atomic E-state index is 9.66. The molecule has 0 bridgehead atoms. The molecule has 1 atom stereocenters. The van der Waals surface area contributed by atoms with E-state index in [9.17, 15) is 5.26 Å². The van der Waals surface area contributed by atoms with Crippen LogP contribution in [0.15, 0.2) is 28.7 Å². The van der Waals surface area contributed by atoms with Crippen LogP contribution in [0.2, 0.25) is 5.28 Å². The lowest BCUT2D eigenvalue weighted by molar-refractivity contribution is 0.776. The molecule has 7 heteroatoms. The van der Waals surface area contributed by atoms with E-state index in [0.717, 1.165) is 11.0 Å². The van der Waals surface area contributed by atoms with Crippen molar-refractivity contribution in [1.82, 2.24) is 19.5 Å². The molecule has 2 aromatic heterocycles. The lowest BCUT2D eigenvalue weighted by atomic mass is 10.1. The molecule has 1 aromatic carbocycles. The van der Waals surface area contributed by atoms with E-state index in [1.165, 1.54) is 0 Å². The van der Waals surface area contributed by atoms with Crippen LogP contribution in [0, 0.1) is 18.3 Å². The van der Waals surface area contributed by atoms with Gasteiger partial charge in [-0.15, -0.1) is 0 Å². The van der Waals surface area contributed by atoms with Crippen LogP contribution < -0.4 is 0 Å². The van der Waals surface area contributed by atoms with Crippen molar-refractivity contribution in [2.45, 2.75) is 12.8 Å². The minimum absolute atomic E-state index is 0.120. The standard InChI is InChI=1S/C15H11BrClN5/c1-8-12(16)13(21-15(17)19-8)9(7-18)14-20-10-5-3-4-6-11(10)22(14)2/h3-6,9H,1-2H3. The van der Waals surface area contributed by atoms with E-state index in [-0.39, 0.29) is 5.28 Å². The van der Waals surface area contributed by atoms with Gasteiger partial charge >= 0.3 is 0 Å². The zero-order valence-corrected chi connectivity index (χ0v) is 14.2. The van der Waals surface area contributed by atoms with E-state index in [1.807, 2.05) is 42.8 Å². The Morgan fingerprint density at radius 1 is 1.27 bits per heavy atom. The normalized spacial score (nSPS) is 12.3. The van der Waals surface area contributed by atoms with Crippen LogP contribution in [-0.4, -0.2) is 19.5 Å². The van der Waals surface area contributed by atoms with Gasteiger partial charge in [0.05, 0.1) is 33.0 Å². The van der Waals surface area contributed by atoms with E-state index in [4.69, 9.17) is 11.6 Å². The Balaban J connectivity index is 2.24. The molecule has 5 nitrogen and oxygen atoms in total. The summed E-state index contributed by atoms with van der Waals surface area (Å²) in [6.07, 6.45) is 0. The predicted molar refractivity (Wildman–Crippen MR) is 87.6 cm³/mol. The van der Waals surface area contributed by atoms with Crippen molar-refractivity contribution >= 4 is 38.6 Å². The molecule has 0 aliphatic carbocycles. The van der Waals surface area contributed by atoms with Gasteiger partial charge in [0.25, 0.3) is 0 Å². The highest BCUT2D eigenvalue weighted by molar-refractivity contribution is 9.10. The van der Waals surface area contributed by atoms with Crippen LogP contribution in [0.1, 0.15) is 23.1 Å². The van der Waals surface area contributed by atoms with Gasteiger partial charge < -0.3 is 4.57 Å². The number of rotatable bonds is 2. The molecule has 0 fully saturated rings. The summed E-state index contributed by atoms with van der Waals surface area (Å²) in [5.74, 6) is -0.00968. The number of fused-ring (bicyclic) bond motifs is 1. The summed E-state index contributed by atoms with van der Waals surface area (Å²) in [6, 6.07) is 10.0. The lowest BCUT2D eigenvalue weighted by Gasteiger charge is -2.12. The smallest absolute Gasteiger partial charge is 0.222 e. The van der Waals surface area contributed by atoms with Crippen LogP contribution in [0.5, 0.6) is 0 Å². The molecule has 0 aliphatic rings. The molecule has 0 saturated carbocycles. The number of benzene rings is 1. The van der Waals surface area contributed by atoms with E-state index >= 15 is 0 Å². The first kappa shape index (κ1) is 14.9. The average molecular weight is 377 g/mol. The van der Waals surface area contributed by atoms with Gasteiger partial charge in [-0.25, -0.2) is 15.0 Å². The highest BCUT2D eigenvalue weighted by Crippen LogP contribution is 2.31. The molecule has 0 spiro atoms. The highest BCUT2D eigenvalue weighted by atomic mass is 79.9. The highest BCUT2D eigenvalue weighted by Gasteiger charge is 2.25. The molecule has 1 unspecified atom stereocenters. The molecular weight excluding hydrogens is 366 g/mol. The van der Waals surface area contributed by atoms with Gasteiger partial charge in [0.2, 0.25) is 5.28 Å². The predicted octanol–water partition coefficient (Wildman–Crippen LogP) is 3.74. The third-order valence-electron chi connectivity index (χ3n) is 3.50. The Bertz CT molecular complexity index is 912. The van der Waals surface area contributed by atoms with Crippen molar-refractivity contribution in [3.05, 3.63) is 51.2 Å². The summed E-state index contributed by atoms with van der Waals surface area (Å²) >= 11 is 9.40. The molecule has 3 aromatic rings. The molecule has 2 heterocycles. The second kappa shape index (κ2) is 5.67. The first-order valence-electron chi connectivity index (χ1n) is 6.53. The molecule has 0 amide bonds. The van der Waals surface area contributed by atoms with Crippen molar-refractivity contribution in [3.8, 4) is 6.07 Å². The quantitative estimate of drug-likeness (QED) is 0.639. The molecule has 3 rings (SSSR count). The van der Waals surface area contributed by atoms with Crippen molar-refractivity contribution in [2.24, 2.45) is 7.05 Å². The molecule has 0 N–H and O–H groups in total. The Morgan fingerprint density at radius 2 is 2.00 bits per heavy atom. The number of halogens is 2. The van der Waals surface area contributed by atoms with Crippen molar-refractivity contribution < 1.29 is 0 Å².